The van der Waals surface area contributed by atoms with Crippen LogP contribution in [-0.2, 0) is 27.0 Å². The number of nitrogens with zero attached hydrogens (tertiary/aromatic N) is 2. The highest BCUT2D eigenvalue weighted by molar-refractivity contribution is 5.79. The maximum Gasteiger partial charge on any atom is 0.416 e. The number of hydrogen-bond acceptors (Lipinski definition) is 4. The third kappa shape index (κ3) is 5.00. The lowest BCUT2D eigenvalue weighted by atomic mass is 9.87. The van der Waals surface area contributed by atoms with Crippen LogP contribution in [0.3, 0.4) is 0 Å². The van der Waals surface area contributed by atoms with Crippen molar-refractivity contribution in [3.8, 4) is 0 Å². The number of rotatable bonds is 5. The number of likely N-dealkylation sites (tertiary alicyclic amines) is 1. The molecule has 1 aromatic rings. The van der Waals surface area contributed by atoms with Gasteiger partial charge in [-0.1, -0.05) is 18.2 Å². The highest BCUT2D eigenvalue weighted by atomic mass is 19.4. The van der Waals surface area contributed by atoms with Crippen molar-refractivity contribution in [3.05, 3.63) is 35.4 Å². The van der Waals surface area contributed by atoms with Crippen LogP contribution < -0.4 is 0 Å². The summed E-state index contributed by atoms with van der Waals surface area (Å²) in [6, 6.07) is 5.43. The molecular weight excluding hydrogens is 361 g/mol. The van der Waals surface area contributed by atoms with Crippen molar-refractivity contribution in [2.24, 2.45) is 5.41 Å². The second-order valence-electron chi connectivity index (χ2n) is 7.45. The van der Waals surface area contributed by atoms with Crippen molar-refractivity contribution >= 4 is 5.91 Å². The molecule has 1 atom stereocenters. The van der Waals surface area contributed by atoms with Crippen LogP contribution in [0.25, 0.3) is 0 Å². The van der Waals surface area contributed by atoms with Crippen LogP contribution in [0, 0.1) is 5.41 Å². The topological polar surface area (TPSA) is 42.0 Å². The number of methoxy groups -OCH3 is 1. The Morgan fingerprint density at radius 3 is 2.85 bits per heavy atom. The standard InChI is InChI=1S/C19H25F3N2O3/c1-26-7-6-24-13-18(10-17(24)25)12-23(5-8-27-14-18)11-15-3-2-4-16(9-15)19(20,21)22/h2-4,9H,5-8,10-14H2,1H3/t18-/m1/s1. The lowest BCUT2D eigenvalue weighted by Crippen LogP contribution is -2.40. The minimum Gasteiger partial charge on any atom is -0.383 e. The zero-order valence-electron chi connectivity index (χ0n) is 15.4. The molecule has 8 heteroatoms. The van der Waals surface area contributed by atoms with Gasteiger partial charge in [-0.2, -0.15) is 13.2 Å². The molecule has 0 N–H and O–H groups in total. The van der Waals surface area contributed by atoms with Gasteiger partial charge in [0, 0.05) is 51.7 Å². The second kappa shape index (κ2) is 8.16. The Bertz CT molecular complexity index is 668. The molecule has 0 unspecified atom stereocenters. The molecule has 2 aliphatic rings. The van der Waals surface area contributed by atoms with Gasteiger partial charge in [-0.25, -0.2) is 0 Å². The van der Waals surface area contributed by atoms with E-state index in [1.807, 2.05) is 0 Å². The smallest absolute Gasteiger partial charge is 0.383 e. The first kappa shape index (κ1) is 20.1. The molecule has 0 aliphatic carbocycles. The summed E-state index contributed by atoms with van der Waals surface area (Å²) < 4.78 is 49.7. The molecule has 150 valence electrons. The van der Waals surface area contributed by atoms with Crippen LogP contribution in [0.5, 0.6) is 0 Å². The molecule has 1 amide bonds. The predicted octanol–water partition coefficient (Wildman–Crippen LogP) is 2.40. The highest BCUT2D eigenvalue weighted by Crippen LogP contribution is 2.35. The largest absolute Gasteiger partial charge is 0.416 e. The molecule has 5 nitrogen and oxygen atoms in total. The summed E-state index contributed by atoms with van der Waals surface area (Å²) in [5.74, 6) is 0.0802. The van der Waals surface area contributed by atoms with E-state index < -0.39 is 11.7 Å². The number of benzene rings is 1. The highest BCUT2D eigenvalue weighted by Gasteiger charge is 2.45. The number of carbonyl (C=O) groups is 1. The molecule has 0 aromatic heterocycles. The van der Waals surface area contributed by atoms with Crippen molar-refractivity contribution in [1.82, 2.24) is 9.80 Å². The van der Waals surface area contributed by atoms with Crippen molar-refractivity contribution in [2.75, 3.05) is 53.1 Å². The van der Waals surface area contributed by atoms with E-state index in [0.717, 1.165) is 6.07 Å². The number of ether oxygens (including phenoxy) is 2. The van der Waals surface area contributed by atoms with Crippen molar-refractivity contribution < 1.29 is 27.4 Å². The summed E-state index contributed by atoms with van der Waals surface area (Å²) in [5.41, 5.74) is -0.340. The first-order valence-electron chi connectivity index (χ1n) is 9.04. The average molecular weight is 386 g/mol. The maximum absolute atomic E-state index is 13.0. The molecule has 0 saturated carbocycles. The van der Waals surface area contributed by atoms with Crippen LogP contribution in [0.2, 0.25) is 0 Å². The van der Waals surface area contributed by atoms with E-state index >= 15 is 0 Å². The fourth-order valence-electron chi connectivity index (χ4n) is 3.91. The summed E-state index contributed by atoms with van der Waals surface area (Å²) in [4.78, 5) is 16.2. The van der Waals surface area contributed by atoms with Gasteiger partial charge < -0.3 is 14.4 Å². The van der Waals surface area contributed by atoms with E-state index in [2.05, 4.69) is 4.90 Å². The number of amides is 1. The van der Waals surface area contributed by atoms with Crippen LogP contribution in [0.15, 0.2) is 24.3 Å². The zero-order valence-corrected chi connectivity index (χ0v) is 15.4. The van der Waals surface area contributed by atoms with Crippen LogP contribution in [0.4, 0.5) is 13.2 Å². The molecule has 27 heavy (non-hydrogen) atoms. The minimum absolute atomic E-state index is 0.0802. The lowest BCUT2D eigenvalue weighted by molar-refractivity contribution is -0.137. The minimum atomic E-state index is -4.35. The lowest BCUT2D eigenvalue weighted by Gasteiger charge is -2.31. The molecule has 0 radical (unpaired) electrons. The Labute approximate surface area is 157 Å². The molecule has 2 aliphatic heterocycles. The van der Waals surface area contributed by atoms with E-state index in [1.54, 1.807) is 18.1 Å². The van der Waals surface area contributed by atoms with Crippen molar-refractivity contribution in [3.63, 3.8) is 0 Å². The van der Waals surface area contributed by atoms with E-state index in [4.69, 9.17) is 9.47 Å². The van der Waals surface area contributed by atoms with Gasteiger partial charge in [0.25, 0.3) is 0 Å². The van der Waals surface area contributed by atoms with Crippen LogP contribution >= 0.6 is 0 Å². The van der Waals surface area contributed by atoms with Gasteiger partial charge in [0.05, 0.1) is 25.4 Å². The number of carbonyl (C=O) groups excluding carboxylic acids is 1. The van der Waals surface area contributed by atoms with Gasteiger partial charge in [-0.05, 0) is 11.6 Å². The van der Waals surface area contributed by atoms with Crippen molar-refractivity contribution in [1.29, 1.82) is 0 Å². The Kier molecular flexibility index (Phi) is 6.08. The van der Waals surface area contributed by atoms with Gasteiger partial charge in [0.2, 0.25) is 5.91 Å². The second-order valence-corrected chi connectivity index (χ2v) is 7.45. The molecule has 1 spiro atoms. The fraction of sp³-hybridized carbons (Fsp3) is 0.632. The quantitative estimate of drug-likeness (QED) is 0.780. The van der Waals surface area contributed by atoms with E-state index in [-0.39, 0.29) is 11.3 Å². The first-order valence-corrected chi connectivity index (χ1v) is 9.04. The Morgan fingerprint density at radius 2 is 2.11 bits per heavy atom. The van der Waals surface area contributed by atoms with Crippen LogP contribution in [0.1, 0.15) is 17.5 Å². The van der Waals surface area contributed by atoms with Gasteiger partial charge in [0.15, 0.2) is 0 Å². The summed E-state index contributed by atoms with van der Waals surface area (Å²) in [5, 5.41) is 0. The normalized spacial score (nSPS) is 24.6. The van der Waals surface area contributed by atoms with Crippen molar-refractivity contribution in [2.45, 2.75) is 19.1 Å². The van der Waals surface area contributed by atoms with Gasteiger partial charge in [0.1, 0.15) is 0 Å². The summed E-state index contributed by atoms with van der Waals surface area (Å²) in [6.07, 6.45) is -3.95. The fourth-order valence-corrected chi connectivity index (χ4v) is 3.91. The SMILES string of the molecule is COCCN1C[C@@]2(COCCN(Cc3cccc(C(F)(F)F)c3)C2)CC1=O. The molecule has 2 fully saturated rings. The molecule has 2 saturated heterocycles. The zero-order chi connectivity index (χ0) is 19.5. The van der Waals surface area contributed by atoms with Gasteiger partial charge in [-0.15, -0.1) is 0 Å². The number of hydrogen-bond donors (Lipinski definition) is 0. The predicted molar refractivity (Wildman–Crippen MR) is 93.0 cm³/mol. The Morgan fingerprint density at radius 1 is 1.30 bits per heavy atom. The summed E-state index contributed by atoms with van der Waals surface area (Å²) in [6.45, 7) is 4.27. The average Bonchev–Trinajstić information content (AvgIpc) is 2.78. The van der Waals surface area contributed by atoms with E-state index in [9.17, 15) is 18.0 Å². The maximum atomic E-state index is 13.0. The molecule has 3 rings (SSSR count). The van der Waals surface area contributed by atoms with E-state index in [0.29, 0.717) is 64.5 Å². The molecule has 2 heterocycles. The van der Waals surface area contributed by atoms with E-state index in [1.165, 1.54) is 12.1 Å². The summed E-state index contributed by atoms with van der Waals surface area (Å²) >= 11 is 0. The number of alkyl halides is 3. The summed E-state index contributed by atoms with van der Waals surface area (Å²) in [7, 11) is 1.60. The third-order valence-corrected chi connectivity index (χ3v) is 5.15. The van der Waals surface area contributed by atoms with Crippen LogP contribution in [-0.4, -0.2) is 68.8 Å². The third-order valence-electron chi connectivity index (χ3n) is 5.15. The van der Waals surface area contributed by atoms with Gasteiger partial charge >= 0.3 is 6.18 Å². The Balaban J connectivity index is 1.70. The van der Waals surface area contributed by atoms with Gasteiger partial charge in [-0.3, -0.25) is 9.69 Å². The monoisotopic (exact) mass is 386 g/mol. The molecule has 1 aromatic carbocycles. The number of halogens is 3. The first-order chi connectivity index (χ1) is 12.8. The Hall–Kier alpha value is -1.64. The molecular formula is C19H25F3N2O3. The molecule has 0 bridgehead atoms.